The average Bonchev–Trinajstić information content (AvgIpc) is 2.71. The van der Waals surface area contributed by atoms with Crippen molar-refractivity contribution in [3.63, 3.8) is 0 Å². The summed E-state index contributed by atoms with van der Waals surface area (Å²) in [7, 11) is 0. The second-order valence-electron chi connectivity index (χ2n) is 3.80. The van der Waals surface area contributed by atoms with Crippen molar-refractivity contribution >= 4 is 45.7 Å². The van der Waals surface area contributed by atoms with Crippen LogP contribution in [0, 0.1) is 0 Å². The van der Waals surface area contributed by atoms with Crippen LogP contribution in [0.25, 0.3) is 0 Å². The van der Waals surface area contributed by atoms with Gasteiger partial charge in [0.25, 0.3) is 0 Å². The summed E-state index contributed by atoms with van der Waals surface area (Å²) in [5.74, 6) is -2.36. The zero-order valence-electron chi connectivity index (χ0n) is 9.96. The third kappa shape index (κ3) is 3.46. The molecule has 0 aliphatic heterocycles. The summed E-state index contributed by atoms with van der Waals surface area (Å²) in [6.07, 6.45) is -0.378. The number of benzene rings is 1. The number of carboxylic acid groups (broad SMARTS) is 2. The maximum atomic E-state index is 11.0. The average molecular weight is 313 g/mol. The fourth-order valence-electron chi connectivity index (χ4n) is 1.52. The van der Waals surface area contributed by atoms with E-state index in [1.54, 1.807) is 24.3 Å². The van der Waals surface area contributed by atoms with E-state index in [9.17, 15) is 9.59 Å². The molecule has 3 N–H and O–H groups in total. The number of rotatable bonds is 5. The molecule has 1 aromatic heterocycles. The van der Waals surface area contributed by atoms with Crippen LogP contribution >= 0.6 is 22.9 Å². The highest BCUT2D eigenvalue weighted by Crippen LogP contribution is 2.27. The lowest BCUT2D eigenvalue weighted by Gasteiger charge is -2.01. The zero-order valence-corrected chi connectivity index (χ0v) is 11.5. The first-order valence-corrected chi connectivity index (χ1v) is 6.62. The number of halogens is 1. The van der Waals surface area contributed by atoms with Crippen molar-refractivity contribution in [3.8, 4) is 0 Å². The van der Waals surface area contributed by atoms with Gasteiger partial charge in [-0.25, -0.2) is 9.78 Å². The summed E-state index contributed by atoms with van der Waals surface area (Å²) in [4.78, 5) is 25.8. The van der Waals surface area contributed by atoms with Gasteiger partial charge in [-0.05, 0) is 18.2 Å². The number of aromatic nitrogens is 1. The van der Waals surface area contributed by atoms with Crippen molar-refractivity contribution in [3.05, 3.63) is 39.9 Å². The van der Waals surface area contributed by atoms with Gasteiger partial charge < -0.3 is 15.5 Å². The quantitative estimate of drug-likeness (QED) is 0.785. The Labute approximate surface area is 122 Å². The molecule has 6 nitrogen and oxygen atoms in total. The highest BCUT2D eigenvalue weighted by atomic mass is 35.5. The maximum absolute atomic E-state index is 11.0. The summed E-state index contributed by atoms with van der Waals surface area (Å²) >= 11 is 6.83. The highest BCUT2D eigenvalue weighted by molar-refractivity contribution is 7.16. The predicted molar refractivity (Wildman–Crippen MR) is 75.1 cm³/mol. The third-order valence-corrected chi connectivity index (χ3v) is 3.49. The molecule has 1 heterocycles. The molecule has 0 atom stereocenters. The highest BCUT2D eigenvalue weighted by Gasteiger charge is 2.19. The van der Waals surface area contributed by atoms with E-state index in [-0.39, 0.29) is 17.0 Å². The standard InChI is InChI=1S/C12H9ClN2O4S/c13-6-2-1-3-7(4-6)14-12-15-10(11(18)19)8(20-12)5-9(16)17/h1-4H,5H2,(H,14,15)(H,16,17)(H,18,19). The fraction of sp³-hybridized carbons (Fsp3) is 0.0833. The first kappa shape index (κ1) is 14.3. The molecule has 0 spiro atoms. The number of anilines is 2. The first-order chi connectivity index (χ1) is 9.45. The SMILES string of the molecule is O=C(O)Cc1sc(Nc2cccc(Cl)c2)nc1C(=O)O. The normalized spacial score (nSPS) is 10.2. The Morgan fingerprint density at radius 3 is 2.70 bits per heavy atom. The number of thiazole rings is 1. The summed E-state index contributed by atoms with van der Waals surface area (Å²) in [5, 5.41) is 21.5. The van der Waals surface area contributed by atoms with Crippen LogP contribution in [0.2, 0.25) is 5.02 Å². The van der Waals surface area contributed by atoms with Crippen molar-refractivity contribution in [2.75, 3.05) is 5.32 Å². The van der Waals surface area contributed by atoms with Gasteiger partial charge in [0.15, 0.2) is 10.8 Å². The largest absolute Gasteiger partial charge is 0.481 e. The molecule has 0 aliphatic rings. The van der Waals surface area contributed by atoms with Crippen molar-refractivity contribution in [1.82, 2.24) is 4.98 Å². The number of aliphatic carboxylic acids is 1. The van der Waals surface area contributed by atoms with E-state index in [0.29, 0.717) is 15.8 Å². The molecule has 8 heteroatoms. The van der Waals surface area contributed by atoms with Crippen LogP contribution in [-0.4, -0.2) is 27.1 Å². The monoisotopic (exact) mass is 312 g/mol. The van der Waals surface area contributed by atoms with Gasteiger partial charge in [-0.2, -0.15) is 0 Å². The molecule has 0 saturated heterocycles. The van der Waals surface area contributed by atoms with Gasteiger partial charge in [-0.15, -0.1) is 11.3 Å². The van der Waals surface area contributed by atoms with E-state index >= 15 is 0 Å². The number of nitrogens with one attached hydrogen (secondary N) is 1. The first-order valence-electron chi connectivity index (χ1n) is 5.43. The van der Waals surface area contributed by atoms with Gasteiger partial charge in [0.05, 0.1) is 11.3 Å². The Morgan fingerprint density at radius 1 is 1.35 bits per heavy atom. The van der Waals surface area contributed by atoms with Crippen molar-refractivity contribution in [2.24, 2.45) is 0 Å². The molecule has 2 aromatic rings. The molecule has 104 valence electrons. The van der Waals surface area contributed by atoms with Gasteiger partial charge in [0.1, 0.15) is 0 Å². The molecule has 0 unspecified atom stereocenters. The third-order valence-electron chi connectivity index (χ3n) is 2.29. The van der Waals surface area contributed by atoms with Crippen molar-refractivity contribution in [2.45, 2.75) is 6.42 Å². The lowest BCUT2D eigenvalue weighted by atomic mass is 10.3. The Morgan fingerprint density at radius 2 is 2.10 bits per heavy atom. The summed E-state index contributed by atoms with van der Waals surface area (Å²) in [6.45, 7) is 0. The van der Waals surface area contributed by atoms with Crippen LogP contribution < -0.4 is 5.32 Å². The predicted octanol–water partition coefficient (Wildman–Crippen LogP) is 2.87. The van der Waals surface area contributed by atoms with Gasteiger partial charge in [-0.3, -0.25) is 4.79 Å². The fourth-order valence-corrected chi connectivity index (χ4v) is 2.67. The number of nitrogens with zero attached hydrogens (tertiary/aromatic N) is 1. The maximum Gasteiger partial charge on any atom is 0.355 e. The van der Waals surface area contributed by atoms with E-state index < -0.39 is 11.9 Å². The minimum absolute atomic E-state index is 0.189. The molecule has 1 aromatic carbocycles. The van der Waals surface area contributed by atoms with Crippen LogP contribution in [0.15, 0.2) is 24.3 Å². The molecule has 0 saturated carbocycles. The number of carbonyl (C=O) groups is 2. The van der Waals surface area contributed by atoms with Crippen LogP contribution in [0.3, 0.4) is 0 Å². The van der Waals surface area contributed by atoms with Crippen LogP contribution in [-0.2, 0) is 11.2 Å². The lowest BCUT2D eigenvalue weighted by Crippen LogP contribution is -2.05. The smallest absolute Gasteiger partial charge is 0.355 e. The summed E-state index contributed by atoms with van der Waals surface area (Å²) in [6, 6.07) is 6.83. The molecule has 2 rings (SSSR count). The van der Waals surface area contributed by atoms with E-state index in [0.717, 1.165) is 11.3 Å². The Kier molecular flexibility index (Phi) is 4.21. The molecule has 0 amide bonds. The van der Waals surface area contributed by atoms with E-state index in [2.05, 4.69) is 10.3 Å². The van der Waals surface area contributed by atoms with E-state index in [1.165, 1.54) is 0 Å². The molecule has 0 radical (unpaired) electrons. The van der Waals surface area contributed by atoms with Crippen LogP contribution in [0.4, 0.5) is 10.8 Å². The molecular weight excluding hydrogens is 304 g/mol. The molecule has 0 aliphatic carbocycles. The number of carboxylic acids is 2. The molecule has 0 bridgehead atoms. The topological polar surface area (TPSA) is 99.5 Å². The Bertz CT molecular complexity index is 671. The second-order valence-corrected chi connectivity index (χ2v) is 5.32. The molecule has 20 heavy (non-hydrogen) atoms. The molecular formula is C12H9ClN2O4S. The van der Waals surface area contributed by atoms with Gasteiger partial charge in [0, 0.05) is 10.7 Å². The number of hydrogen-bond donors (Lipinski definition) is 3. The second kappa shape index (κ2) is 5.89. The van der Waals surface area contributed by atoms with Gasteiger partial charge >= 0.3 is 11.9 Å². The van der Waals surface area contributed by atoms with E-state index in [1.807, 2.05) is 0 Å². The Balaban J connectivity index is 2.28. The zero-order chi connectivity index (χ0) is 14.7. The van der Waals surface area contributed by atoms with Gasteiger partial charge in [0.2, 0.25) is 0 Å². The lowest BCUT2D eigenvalue weighted by molar-refractivity contribution is -0.136. The van der Waals surface area contributed by atoms with Crippen LogP contribution in [0.5, 0.6) is 0 Å². The van der Waals surface area contributed by atoms with Crippen molar-refractivity contribution in [1.29, 1.82) is 0 Å². The minimum Gasteiger partial charge on any atom is -0.481 e. The minimum atomic E-state index is -1.25. The molecule has 0 fully saturated rings. The van der Waals surface area contributed by atoms with Crippen molar-refractivity contribution < 1.29 is 19.8 Å². The van der Waals surface area contributed by atoms with Crippen LogP contribution in [0.1, 0.15) is 15.4 Å². The Hall–Kier alpha value is -2.12. The summed E-state index contributed by atoms with van der Waals surface area (Å²) < 4.78 is 0. The van der Waals surface area contributed by atoms with E-state index in [4.69, 9.17) is 21.8 Å². The number of hydrogen-bond acceptors (Lipinski definition) is 5. The summed E-state index contributed by atoms with van der Waals surface area (Å²) in [5.41, 5.74) is 0.395. The number of aromatic carboxylic acids is 1. The van der Waals surface area contributed by atoms with Gasteiger partial charge in [-0.1, -0.05) is 17.7 Å².